The van der Waals surface area contributed by atoms with Gasteiger partial charge in [0.2, 0.25) is 5.95 Å². The number of hydrogen-bond donors (Lipinski definition) is 2. The highest BCUT2D eigenvalue weighted by molar-refractivity contribution is 9.10. The molecule has 0 unspecified atom stereocenters. The van der Waals surface area contributed by atoms with Crippen LogP contribution in [0, 0.1) is 5.41 Å². The first-order valence-corrected chi connectivity index (χ1v) is 6.91. The van der Waals surface area contributed by atoms with E-state index in [1.807, 2.05) is 7.05 Å². The Morgan fingerprint density at radius 2 is 1.83 bits per heavy atom. The number of rotatable bonds is 4. The van der Waals surface area contributed by atoms with Crippen molar-refractivity contribution < 1.29 is 0 Å². The van der Waals surface area contributed by atoms with Crippen molar-refractivity contribution in [2.45, 2.75) is 46.6 Å². The zero-order chi connectivity index (χ0) is 14.0. The van der Waals surface area contributed by atoms with Crippen molar-refractivity contribution in [3.8, 4) is 0 Å². The molecule has 102 valence electrons. The van der Waals surface area contributed by atoms with Gasteiger partial charge < -0.3 is 10.6 Å². The average molecular weight is 315 g/mol. The second-order valence-electron chi connectivity index (χ2n) is 6.39. The minimum Gasteiger partial charge on any atom is -0.364 e. The van der Waals surface area contributed by atoms with Crippen LogP contribution in [-0.2, 0) is 0 Å². The lowest BCUT2D eigenvalue weighted by molar-refractivity contribution is 0.302. The molecule has 1 aromatic heterocycles. The van der Waals surface area contributed by atoms with Crippen LogP contribution in [-0.4, -0.2) is 22.6 Å². The first kappa shape index (κ1) is 15.2. The van der Waals surface area contributed by atoms with E-state index >= 15 is 0 Å². The molecule has 0 radical (unpaired) electrons. The van der Waals surface area contributed by atoms with E-state index in [4.69, 9.17) is 0 Å². The van der Waals surface area contributed by atoms with Gasteiger partial charge >= 0.3 is 0 Å². The number of halogens is 1. The van der Waals surface area contributed by atoms with Crippen LogP contribution in [0.4, 0.5) is 11.8 Å². The fourth-order valence-corrected chi connectivity index (χ4v) is 2.56. The molecule has 18 heavy (non-hydrogen) atoms. The summed E-state index contributed by atoms with van der Waals surface area (Å²) < 4.78 is 0.878. The molecule has 0 aliphatic carbocycles. The second-order valence-corrected chi connectivity index (χ2v) is 7.24. The van der Waals surface area contributed by atoms with Crippen molar-refractivity contribution in [2.75, 3.05) is 17.7 Å². The van der Waals surface area contributed by atoms with Gasteiger partial charge in [-0.25, -0.2) is 4.98 Å². The van der Waals surface area contributed by atoms with Gasteiger partial charge in [0, 0.05) is 18.8 Å². The number of anilines is 2. The fraction of sp³-hybridized carbons (Fsp3) is 0.692. The van der Waals surface area contributed by atoms with Crippen LogP contribution in [0.5, 0.6) is 0 Å². The first-order chi connectivity index (χ1) is 8.13. The highest BCUT2D eigenvalue weighted by Gasteiger charge is 2.26. The molecular formula is C13H23BrN4. The van der Waals surface area contributed by atoms with Gasteiger partial charge in [0.1, 0.15) is 5.82 Å². The van der Waals surface area contributed by atoms with Crippen LogP contribution in [0.25, 0.3) is 0 Å². The highest BCUT2D eigenvalue weighted by Crippen LogP contribution is 2.31. The van der Waals surface area contributed by atoms with Crippen molar-refractivity contribution in [3.05, 3.63) is 10.7 Å². The molecule has 2 N–H and O–H groups in total. The third-order valence-electron chi connectivity index (χ3n) is 2.40. The van der Waals surface area contributed by atoms with Gasteiger partial charge in [-0.15, -0.1) is 0 Å². The van der Waals surface area contributed by atoms with E-state index < -0.39 is 0 Å². The van der Waals surface area contributed by atoms with Crippen LogP contribution in [0.1, 0.15) is 41.0 Å². The molecule has 0 atom stereocenters. The van der Waals surface area contributed by atoms with Crippen molar-refractivity contribution in [3.63, 3.8) is 0 Å². The van der Waals surface area contributed by atoms with Gasteiger partial charge in [0.15, 0.2) is 0 Å². The zero-order valence-electron chi connectivity index (χ0n) is 12.1. The molecule has 4 nitrogen and oxygen atoms in total. The maximum Gasteiger partial charge on any atom is 0.224 e. The lowest BCUT2D eigenvalue weighted by Crippen LogP contribution is -2.36. The predicted molar refractivity (Wildman–Crippen MR) is 81.1 cm³/mol. The summed E-state index contributed by atoms with van der Waals surface area (Å²) in [6.45, 7) is 11.1. The molecule has 0 bridgehead atoms. The molecule has 0 fully saturated rings. The summed E-state index contributed by atoms with van der Waals surface area (Å²) in [7, 11) is 1.81. The molecule has 0 saturated heterocycles. The van der Waals surface area contributed by atoms with E-state index in [1.54, 1.807) is 6.20 Å². The van der Waals surface area contributed by atoms with E-state index in [9.17, 15) is 0 Å². The summed E-state index contributed by atoms with van der Waals surface area (Å²) in [4.78, 5) is 8.58. The third-order valence-corrected chi connectivity index (χ3v) is 2.98. The maximum atomic E-state index is 4.43. The summed E-state index contributed by atoms with van der Waals surface area (Å²) >= 11 is 3.48. The molecule has 0 aliphatic rings. The largest absolute Gasteiger partial charge is 0.364 e. The Balaban J connectivity index is 2.89. The van der Waals surface area contributed by atoms with Gasteiger partial charge in [0.05, 0.1) is 4.47 Å². The summed E-state index contributed by atoms with van der Waals surface area (Å²) in [5, 5.41) is 6.43. The Morgan fingerprint density at radius 1 is 1.22 bits per heavy atom. The van der Waals surface area contributed by atoms with Crippen molar-refractivity contribution >= 4 is 27.7 Å². The van der Waals surface area contributed by atoms with Gasteiger partial charge in [-0.05, 0) is 41.6 Å². The lowest BCUT2D eigenvalue weighted by Gasteiger charge is -2.34. The summed E-state index contributed by atoms with van der Waals surface area (Å²) in [5.74, 6) is 1.44. The monoisotopic (exact) mass is 314 g/mol. The molecular weight excluding hydrogens is 292 g/mol. The minimum atomic E-state index is -0.0276. The van der Waals surface area contributed by atoms with Crippen LogP contribution < -0.4 is 10.6 Å². The van der Waals surface area contributed by atoms with E-state index in [1.165, 1.54) is 0 Å². The smallest absolute Gasteiger partial charge is 0.224 e. The Labute approximate surface area is 118 Å². The van der Waals surface area contributed by atoms with Crippen LogP contribution >= 0.6 is 15.9 Å². The van der Waals surface area contributed by atoms with Crippen LogP contribution in [0.15, 0.2) is 10.7 Å². The highest BCUT2D eigenvalue weighted by atomic mass is 79.9. The number of nitrogens with one attached hydrogen (secondary N) is 2. The zero-order valence-corrected chi connectivity index (χ0v) is 13.6. The third kappa shape index (κ3) is 4.80. The van der Waals surface area contributed by atoms with Gasteiger partial charge in [0.25, 0.3) is 0 Å². The molecule has 0 saturated carbocycles. The summed E-state index contributed by atoms with van der Waals surface area (Å²) in [6, 6.07) is 0. The summed E-state index contributed by atoms with van der Waals surface area (Å²) in [6.07, 6.45) is 2.81. The fourth-order valence-electron chi connectivity index (χ4n) is 2.27. The van der Waals surface area contributed by atoms with E-state index in [-0.39, 0.29) is 11.0 Å². The van der Waals surface area contributed by atoms with Gasteiger partial charge in [-0.2, -0.15) is 4.98 Å². The average Bonchev–Trinajstić information content (AvgIpc) is 2.17. The molecule has 1 rings (SSSR count). The van der Waals surface area contributed by atoms with Crippen molar-refractivity contribution in [2.24, 2.45) is 5.41 Å². The Kier molecular flexibility index (Phi) is 4.59. The quantitative estimate of drug-likeness (QED) is 0.884. The van der Waals surface area contributed by atoms with E-state index in [0.717, 1.165) is 16.7 Å². The second kappa shape index (κ2) is 5.43. The maximum absolute atomic E-state index is 4.43. The van der Waals surface area contributed by atoms with E-state index in [0.29, 0.717) is 5.95 Å². The molecule has 0 aromatic carbocycles. The standard InChI is InChI=1S/C13H23BrN4/c1-12(2,3)8-13(4,5)18-10-9(14)7-16-11(15-6)17-10/h7H,8H2,1-6H3,(H2,15,16,17,18). The Bertz CT molecular complexity index is 410. The van der Waals surface area contributed by atoms with Crippen molar-refractivity contribution in [1.82, 2.24) is 9.97 Å². The first-order valence-electron chi connectivity index (χ1n) is 6.11. The molecule has 5 heteroatoms. The predicted octanol–water partition coefficient (Wildman–Crippen LogP) is 3.91. The Morgan fingerprint density at radius 3 is 2.33 bits per heavy atom. The van der Waals surface area contributed by atoms with E-state index in [2.05, 4.69) is 71.2 Å². The van der Waals surface area contributed by atoms with Gasteiger partial charge in [-0.1, -0.05) is 20.8 Å². The van der Waals surface area contributed by atoms with Crippen LogP contribution in [0.3, 0.4) is 0 Å². The SMILES string of the molecule is CNc1ncc(Br)c(NC(C)(C)CC(C)(C)C)n1. The minimum absolute atomic E-state index is 0.0276. The lowest BCUT2D eigenvalue weighted by atomic mass is 9.82. The van der Waals surface area contributed by atoms with Crippen molar-refractivity contribution in [1.29, 1.82) is 0 Å². The molecule has 1 aromatic rings. The van der Waals surface area contributed by atoms with Gasteiger partial charge in [-0.3, -0.25) is 0 Å². The Hall–Kier alpha value is -0.840. The number of aromatic nitrogens is 2. The number of hydrogen-bond acceptors (Lipinski definition) is 4. The normalized spacial score (nSPS) is 12.4. The van der Waals surface area contributed by atoms with Crippen LogP contribution in [0.2, 0.25) is 0 Å². The molecule has 1 heterocycles. The molecule has 0 amide bonds. The number of nitrogens with zero attached hydrogens (tertiary/aromatic N) is 2. The molecule has 0 aliphatic heterocycles. The topological polar surface area (TPSA) is 49.8 Å². The molecule has 0 spiro atoms. The summed E-state index contributed by atoms with van der Waals surface area (Å²) in [5.41, 5.74) is 0.238.